The molecule has 3 rings (SSSR count). The first-order valence-electron chi connectivity index (χ1n) is 6.59. The molecule has 21 heavy (non-hydrogen) atoms. The molecular formula is C17H13BrClNO. The molecule has 1 heterocycles. The number of ether oxygens (including phenoxy) is 1. The van der Waals surface area contributed by atoms with Gasteiger partial charge >= 0.3 is 0 Å². The van der Waals surface area contributed by atoms with Crippen molar-refractivity contribution in [1.82, 2.24) is 4.98 Å². The molecule has 1 aromatic heterocycles. The van der Waals surface area contributed by atoms with Gasteiger partial charge in [0.2, 0.25) is 0 Å². The zero-order chi connectivity index (χ0) is 14.7. The predicted molar refractivity (Wildman–Crippen MR) is 89.4 cm³/mol. The van der Waals surface area contributed by atoms with Crippen LogP contribution in [0.15, 0.2) is 59.1 Å². The largest absolute Gasteiger partial charge is 0.372 e. The minimum atomic E-state index is 0.451. The molecule has 0 aliphatic rings. The highest BCUT2D eigenvalue weighted by atomic mass is 79.9. The van der Waals surface area contributed by atoms with Gasteiger partial charge in [-0.05, 0) is 29.8 Å². The Morgan fingerprint density at radius 3 is 2.57 bits per heavy atom. The topological polar surface area (TPSA) is 22.1 Å². The highest BCUT2D eigenvalue weighted by molar-refractivity contribution is 9.10. The van der Waals surface area contributed by atoms with Gasteiger partial charge < -0.3 is 4.74 Å². The fourth-order valence-electron chi connectivity index (χ4n) is 2.10. The highest BCUT2D eigenvalue weighted by Crippen LogP contribution is 2.21. The van der Waals surface area contributed by atoms with Crippen molar-refractivity contribution in [3.63, 3.8) is 0 Å². The van der Waals surface area contributed by atoms with Crippen LogP contribution in [0.1, 0.15) is 11.1 Å². The summed E-state index contributed by atoms with van der Waals surface area (Å²) in [6.07, 6.45) is 0. The second-order valence-corrected chi connectivity index (χ2v) is 6.02. The van der Waals surface area contributed by atoms with Crippen molar-refractivity contribution in [3.8, 4) is 0 Å². The van der Waals surface area contributed by atoms with Crippen molar-refractivity contribution in [2.75, 3.05) is 0 Å². The van der Waals surface area contributed by atoms with E-state index in [0.29, 0.717) is 18.4 Å². The number of nitrogens with zero attached hydrogens (tertiary/aromatic N) is 1. The number of halogens is 2. The Hall–Kier alpha value is -1.42. The van der Waals surface area contributed by atoms with Crippen LogP contribution in [-0.2, 0) is 18.0 Å². The van der Waals surface area contributed by atoms with Crippen LogP contribution in [0, 0.1) is 0 Å². The monoisotopic (exact) mass is 361 g/mol. The average Bonchev–Trinajstić information content (AvgIpc) is 2.50. The zero-order valence-electron chi connectivity index (χ0n) is 11.2. The van der Waals surface area contributed by atoms with Gasteiger partial charge in [-0.25, -0.2) is 4.98 Å². The smallest absolute Gasteiger partial charge is 0.135 e. The Bertz CT molecular complexity index is 758. The van der Waals surface area contributed by atoms with Crippen molar-refractivity contribution in [1.29, 1.82) is 0 Å². The lowest BCUT2D eigenvalue weighted by Gasteiger charge is -2.08. The summed E-state index contributed by atoms with van der Waals surface area (Å²) in [4.78, 5) is 4.39. The molecule has 2 nitrogen and oxygen atoms in total. The van der Waals surface area contributed by atoms with Gasteiger partial charge in [0, 0.05) is 15.4 Å². The van der Waals surface area contributed by atoms with Crippen molar-refractivity contribution in [2.24, 2.45) is 0 Å². The van der Waals surface area contributed by atoms with Crippen LogP contribution in [0.25, 0.3) is 10.9 Å². The number of fused-ring (bicyclic) bond motifs is 1. The molecule has 4 heteroatoms. The molecule has 2 aromatic carbocycles. The molecule has 106 valence electrons. The van der Waals surface area contributed by atoms with E-state index in [-0.39, 0.29) is 0 Å². The van der Waals surface area contributed by atoms with Crippen LogP contribution in [0.4, 0.5) is 0 Å². The first kappa shape index (κ1) is 14.5. The number of rotatable bonds is 4. The molecular weight excluding hydrogens is 350 g/mol. The van der Waals surface area contributed by atoms with Crippen LogP contribution in [0.5, 0.6) is 0 Å². The van der Waals surface area contributed by atoms with E-state index in [1.807, 2.05) is 54.6 Å². The van der Waals surface area contributed by atoms with Crippen molar-refractivity contribution in [3.05, 3.63) is 75.4 Å². The number of aromatic nitrogens is 1. The summed E-state index contributed by atoms with van der Waals surface area (Å²) in [6.45, 7) is 1.00. The lowest BCUT2D eigenvalue weighted by Crippen LogP contribution is -1.96. The molecule has 0 unspecified atom stereocenters. The molecule has 0 saturated heterocycles. The standard InChI is InChI=1S/C17H13BrClNO/c18-15-7-5-12(6-8-15)10-21-11-14-9-13-3-1-2-4-16(13)20-17(14)19/h1-9H,10-11H2. The first-order valence-corrected chi connectivity index (χ1v) is 7.76. The number of hydrogen-bond acceptors (Lipinski definition) is 2. The van der Waals surface area contributed by atoms with Gasteiger partial charge in [-0.1, -0.05) is 57.9 Å². The lowest BCUT2D eigenvalue weighted by atomic mass is 10.2. The third-order valence-corrected chi connectivity index (χ3v) is 4.05. The molecule has 0 N–H and O–H groups in total. The van der Waals surface area contributed by atoms with E-state index >= 15 is 0 Å². The predicted octanol–water partition coefficient (Wildman–Crippen LogP) is 5.37. The maximum atomic E-state index is 6.21. The van der Waals surface area contributed by atoms with Gasteiger partial charge in [-0.15, -0.1) is 0 Å². The van der Waals surface area contributed by atoms with Crippen LogP contribution in [0.2, 0.25) is 5.15 Å². The lowest BCUT2D eigenvalue weighted by molar-refractivity contribution is 0.107. The Morgan fingerprint density at radius 1 is 1.00 bits per heavy atom. The van der Waals surface area contributed by atoms with Gasteiger partial charge in [0.1, 0.15) is 5.15 Å². The summed E-state index contributed by atoms with van der Waals surface area (Å²) in [5.41, 5.74) is 2.94. The van der Waals surface area contributed by atoms with E-state index in [9.17, 15) is 0 Å². The Balaban J connectivity index is 1.70. The first-order chi connectivity index (χ1) is 10.2. The zero-order valence-corrected chi connectivity index (χ0v) is 13.6. The van der Waals surface area contributed by atoms with Gasteiger partial charge in [-0.3, -0.25) is 0 Å². The van der Waals surface area contributed by atoms with E-state index in [2.05, 4.69) is 20.9 Å². The molecule has 0 aliphatic carbocycles. The molecule has 0 saturated carbocycles. The van der Waals surface area contributed by atoms with Gasteiger partial charge in [0.15, 0.2) is 0 Å². The van der Waals surface area contributed by atoms with Crippen molar-refractivity contribution >= 4 is 38.4 Å². The summed E-state index contributed by atoms with van der Waals surface area (Å²) in [5, 5.41) is 1.58. The van der Waals surface area contributed by atoms with Crippen LogP contribution < -0.4 is 0 Å². The molecule has 0 radical (unpaired) electrons. The van der Waals surface area contributed by atoms with E-state index < -0.39 is 0 Å². The van der Waals surface area contributed by atoms with E-state index in [1.165, 1.54) is 0 Å². The van der Waals surface area contributed by atoms with Crippen LogP contribution >= 0.6 is 27.5 Å². The third-order valence-electron chi connectivity index (χ3n) is 3.19. The number of pyridine rings is 1. The minimum absolute atomic E-state index is 0.451. The Kier molecular flexibility index (Phi) is 4.54. The SMILES string of the molecule is Clc1nc2ccccc2cc1COCc1ccc(Br)cc1. The quantitative estimate of drug-likeness (QED) is 0.582. The summed E-state index contributed by atoms with van der Waals surface area (Å²) >= 11 is 9.62. The number of benzene rings is 2. The fourth-order valence-corrected chi connectivity index (χ4v) is 2.56. The Morgan fingerprint density at radius 2 is 1.76 bits per heavy atom. The Labute approximate surface area is 136 Å². The van der Waals surface area contributed by atoms with Crippen molar-refractivity contribution < 1.29 is 4.74 Å². The van der Waals surface area contributed by atoms with Gasteiger partial charge in [0.25, 0.3) is 0 Å². The molecule has 0 bridgehead atoms. The second kappa shape index (κ2) is 6.56. The normalized spacial score (nSPS) is 11.0. The molecule has 0 amide bonds. The van der Waals surface area contributed by atoms with Gasteiger partial charge in [-0.2, -0.15) is 0 Å². The fraction of sp³-hybridized carbons (Fsp3) is 0.118. The second-order valence-electron chi connectivity index (χ2n) is 4.75. The summed E-state index contributed by atoms with van der Waals surface area (Å²) in [6, 6.07) is 18.0. The molecule has 0 spiro atoms. The highest BCUT2D eigenvalue weighted by Gasteiger charge is 2.05. The molecule has 0 atom stereocenters. The summed E-state index contributed by atoms with van der Waals surface area (Å²) < 4.78 is 6.80. The summed E-state index contributed by atoms with van der Waals surface area (Å²) in [7, 11) is 0. The van der Waals surface area contributed by atoms with Crippen molar-refractivity contribution in [2.45, 2.75) is 13.2 Å². The minimum Gasteiger partial charge on any atom is -0.372 e. The number of para-hydroxylation sites is 1. The average molecular weight is 363 g/mol. The van der Waals surface area contributed by atoms with Crippen LogP contribution in [-0.4, -0.2) is 4.98 Å². The van der Waals surface area contributed by atoms with E-state index in [4.69, 9.17) is 16.3 Å². The molecule has 0 aliphatic heterocycles. The summed E-state index contributed by atoms with van der Waals surface area (Å²) in [5.74, 6) is 0. The van der Waals surface area contributed by atoms with E-state index in [0.717, 1.165) is 26.5 Å². The van der Waals surface area contributed by atoms with Gasteiger partial charge in [0.05, 0.1) is 18.7 Å². The number of hydrogen-bond donors (Lipinski definition) is 0. The maximum Gasteiger partial charge on any atom is 0.135 e. The van der Waals surface area contributed by atoms with Crippen LogP contribution in [0.3, 0.4) is 0 Å². The third kappa shape index (κ3) is 3.62. The molecule has 3 aromatic rings. The maximum absolute atomic E-state index is 6.21. The van der Waals surface area contributed by atoms with E-state index in [1.54, 1.807) is 0 Å². The molecule has 0 fully saturated rings.